The van der Waals surface area contributed by atoms with Gasteiger partial charge in [-0.1, -0.05) is 72.4 Å². The minimum Gasteiger partial charge on any atom is -0.493 e. The van der Waals surface area contributed by atoms with Crippen molar-refractivity contribution < 1.29 is 19.4 Å². The molecule has 0 bridgehead atoms. The zero-order chi connectivity index (χ0) is 31.1. The maximum Gasteiger partial charge on any atom is 0.161 e. The zero-order valence-corrected chi connectivity index (χ0v) is 26.3. The van der Waals surface area contributed by atoms with Gasteiger partial charge in [-0.2, -0.15) is 0 Å². The van der Waals surface area contributed by atoms with Crippen LogP contribution in [0.2, 0.25) is 0 Å². The highest BCUT2D eigenvalue weighted by atomic mass is 32.2. The van der Waals surface area contributed by atoms with Gasteiger partial charge in [0.15, 0.2) is 17.3 Å². The fraction of sp³-hybridized carbons (Fsp3) is 0.216. The highest BCUT2D eigenvalue weighted by molar-refractivity contribution is 7.99. The fourth-order valence-electron chi connectivity index (χ4n) is 5.31. The summed E-state index contributed by atoms with van der Waals surface area (Å²) in [6.45, 7) is 6.64. The molecule has 7 heteroatoms. The average Bonchev–Trinajstić information content (AvgIpc) is 3.04. The maximum absolute atomic E-state index is 12.7. The Morgan fingerprint density at radius 2 is 1.57 bits per heavy atom. The summed E-state index contributed by atoms with van der Waals surface area (Å²) in [5.74, 6) is 1.13. The second-order valence-corrected chi connectivity index (χ2v) is 11.6. The number of Topliss-reactive ketones (excluding diaryl/α,β-unsaturated/α-hetero) is 1. The normalized spacial score (nSPS) is 11.7. The molecule has 0 aliphatic rings. The van der Waals surface area contributed by atoms with E-state index in [-0.39, 0.29) is 18.4 Å². The molecule has 0 radical (unpaired) electrons. The first-order valence-corrected chi connectivity index (χ1v) is 15.6. The van der Waals surface area contributed by atoms with Gasteiger partial charge in [0.05, 0.1) is 20.3 Å². The van der Waals surface area contributed by atoms with E-state index < -0.39 is 0 Å². The number of aliphatic hydroxyl groups excluding tert-OH is 1. The van der Waals surface area contributed by atoms with E-state index in [0.29, 0.717) is 30.2 Å². The van der Waals surface area contributed by atoms with Crippen molar-refractivity contribution in [1.82, 2.24) is 0 Å². The molecule has 0 amide bonds. The largest absolute Gasteiger partial charge is 0.493 e. The van der Waals surface area contributed by atoms with Crippen molar-refractivity contribution in [3.05, 3.63) is 119 Å². The quantitative estimate of drug-likeness (QED) is 0.116. The lowest BCUT2D eigenvalue weighted by atomic mass is 9.97. The molecule has 0 fully saturated rings. The number of aliphatic hydroxyl groups is 1. The molecule has 0 spiro atoms. The smallest absolute Gasteiger partial charge is 0.161 e. The van der Waals surface area contributed by atoms with E-state index in [1.165, 1.54) is 0 Å². The number of carbonyl (C=O) groups excluding carboxylic acids is 1. The van der Waals surface area contributed by atoms with Crippen molar-refractivity contribution in [3.63, 3.8) is 0 Å². The number of rotatable bonds is 13. The summed E-state index contributed by atoms with van der Waals surface area (Å²) in [4.78, 5) is 14.9. The van der Waals surface area contributed by atoms with E-state index in [2.05, 4.69) is 47.0 Å². The van der Waals surface area contributed by atoms with Gasteiger partial charge in [0.1, 0.15) is 0 Å². The molecule has 5 rings (SSSR count). The van der Waals surface area contributed by atoms with Gasteiger partial charge in [0, 0.05) is 44.7 Å². The van der Waals surface area contributed by atoms with Gasteiger partial charge < -0.3 is 25.2 Å². The topological polar surface area (TPSA) is 79.8 Å². The zero-order valence-electron chi connectivity index (χ0n) is 25.5. The third-order valence-corrected chi connectivity index (χ3v) is 8.77. The molecule has 0 aliphatic heterocycles. The predicted octanol–water partition coefficient (Wildman–Crippen LogP) is 8.88. The second-order valence-electron chi connectivity index (χ2n) is 10.5. The lowest BCUT2D eigenvalue weighted by Crippen LogP contribution is -2.13. The van der Waals surface area contributed by atoms with Crippen LogP contribution >= 0.6 is 11.8 Å². The van der Waals surface area contributed by atoms with Gasteiger partial charge in [-0.15, -0.1) is 0 Å². The van der Waals surface area contributed by atoms with Crippen LogP contribution in [-0.2, 0) is 13.2 Å². The molecule has 3 N–H and O–H groups in total. The van der Waals surface area contributed by atoms with Crippen LogP contribution in [0.15, 0.2) is 107 Å². The number of anilines is 2. The number of ether oxygens (including phenoxy) is 2. The van der Waals surface area contributed by atoms with E-state index >= 15 is 0 Å². The van der Waals surface area contributed by atoms with Gasteiger partial charge >= 0.3 is 0 Å². The number of ketones is 1. The summed E-state index contributed by atoms with van der Waals surface area (Å²) in [6, 6.07) is 32.3. The summed E-state index contributed by atoms with van der Waals surface area (Å²) in [5.41, 5.74) is 5.45. The average molecular weight is 607 g/mol. The lowest BCUT2D eigenvalue weighted by Gasteiger charge is -2.22. The van der Waals surface area contributed by atoms with E-state index in [9.17, 15) is 9.90 Å². The Kier molecular flexibility index (Phi) is 10.1. The van der Waals surface area contributed by atoms with Crippen molar-refractivity contribution >= 4 is 39.7 Å². The highest BCUT2D eigenvalue weighted by Gasteiger charge is 2.20. The van der Waals surface area contributed by atoms with Crippen molar-refractivity contribution in [3.8, 4) is 11.5 Å². The number of nitrogens with one attached hydrogen (secondary N) is 2. The minimum absolute atomic E-state index is 0.00618. The number of methoxy groups -OCH3 is 1. The SMILES string of the molecule is CCOc1cc(C(C)=O)c(C(C)Nc2cc(NCc3ccccc3Sc3ccccc3CO)cc3ccccc23)cc1OC. The molecule has 0 saturated heterocycles. The van der Waals surface area contributed by atoms with Crippen LogP contribution in [0.3, 0.4) is 0 Å². The summed E-state index contributed by atoms with van der Waals surface area (Å²) >= 11 is 1.66. The molecule has 5 aromatic carbocycles. The van der Waals surface area contributed by atoms with Gasteiger partial charge in [-0.3, -0.25) is 4.79 Å². The Hall–Kier alpha value is -4.46. The molecular weight excluding hydrogens is 568 g/mol. The third-order valence-electron chi connectivity index (χ3n) is 7.53. The highest BCUT2D eigenvalue weighted by Crippen LogP contribution is 2.37. The lowest BCUT2D eigenvalue weighted by molar-refractivity contribution is 0.101. The molecule has 226 valence electrons. The molecule has 0 aliphatic carbocycles. The van der Waals surface area contributed by atoms with Crippen LogP contribution in [-0.4, -0.2) is 24.6 Å². The Bertz CT molecular complexity index is 1770. The first kappa shape index (κ1) is 31.0. The second kappa shape index (κ2) is 14.3. The van der Waals surface area contributed by atoms with Gasteiger partial charge in [-0.25, -0.2) is 0 Å². The first-order chi connectivity index (χ1) is 21.4. The van der Waals surface area contributed by atoms with Gasteiger partial charge in [0.25, 0.3) is 0 Å². The predicted molar refractivity (Wildman–Crippen MR) is 180 cm³/mol. The summed E-state index contributed by atoms with van der Waals surface area (Å²) in [5, 5.41) is 19.3. The number of fused-ring (bicyclic) bond motifs is 1. The molecular formula is C37H38N2O4S. The van der Waals surface area contributed by atoms with E-state index in [0.717, 1.165) is 48.6 Å². The Labute approximate surface area is 263 Å². The molecule has 1 atom stereocenters. The molecule has 0 heterocycles. The maximum atomic E-state index is 12.7. The van der Waals surface area contributed by atoms with Crippen LogP contribution in [0.4, 0.5) is 11.4 Å². The molecule has 44 heavy (non-hydrogen) atoms. The van der Waals surface area contributed by atoms with E-state index in [4.69, 9.17) is 9.47 Å². The standard InChI is InChI=1S/C37H38N2O4S/c1-5-43-35-21-32(25(3)41)31(20-34(35)42-4)24(2)39-33-19-29(18-26-12-6-9-15-30(26)33)38-22-27-13-7-10-16-36(27)44-37-17-11-8-14-28(37)23-40/h6-21,24,38-40H,5,22-23H2,1-4H3. The molecule has 5 aromatic rings. The van der Waals surface area contributed by atoms with E-state index in [1.807, 2.05) is 68.4 Å². The summed E-state index contributed by atoms with van der Waals surface area (Å²) in [6.07, 6.45) is 0. The number of hydrogen-bond acceptors (Lipinski definition) is 7. The van der Waals surface area contributed by atoms with Crippen LogP contribution < -0.4 is 20.1 Å². The fourth-order valence-corrected chi connectivity index (χ4v) is 6.37. The molecule has 0 aromatic heterocycles. The van der Waals surface area contributed by atoms with Gasteiger partial charge in [0.2, 0.25) is 0 Å². The monoisotopic (exact) mass is 606 g/mol. The number of hydrogen-bond donors (Lipinski definition) is 3. The Balaban J connectivity index is 1.43. The van der Waals surface area contributed by atoms with Crippen molar-refractivity contribution in [2.75, 3.05) is 24.4 Å². The van der Waals surface area contributed by atoms with Crippen LogP contribution in [0.1, 0.15) is 53.9 Å². The van der Waals surface area contributed by atoms with Crippen molar-refractivity contribution in [1.29, 1.82) is 0 Å². The molecule has 6 nitrogen and oxygen atoms in total. The number of carbonyl (C=O) groups is 1. The van der Waals surface area contributed by atoms with Gasteiger partial charge in [-0.05, 0) is 79.2 Å². The molecule has 0 saturated carbocycles. The van der Waals surface area contributed by atoms with Crippen LogP contribution in [0.25, 0.3) is 10.8 Å². The summed E-state index contributed by atoms with van der Waals surface area (Å²) in [7, 11) is 1.61. The minimum atomic E-state index is -0.194. The van der Waals surface area contributed by atoms with Crippen LogP contribution in [0.5, 0.6) is 11.5 Å². The Morgan fingerprint density at radius 3 is 2.27 bits per heavy atom. The number of benzene rings is 5. The first-order valence-electron chi connectivity index (χ1n) is 14.7. The van der Waals surface area contributed by atoms with Crippen molar-refractivity contribution in [2.45, 2.75) is 49.8 Å². The third kappa shape index (κ3) is 7.01. The summed E-state index contributed by atoms with van der Waals surface area (Å²) < 4.78 is 11.4. The molecule has 1 unspecified atom stereocenters. The van der Waals surface area contributed by atoms with E-state index in [1.54, 1.807) is 31.9 Å². The van der Waals surface area contributed by atoms with Crippen molar-refractivity contribution in [2.24, 2.45) is 0 Å². The van der Waals surface area contributed by atoms with Crippen LogP contribution in [0, 0.1) is 0 Å². The Morgan fingerprint density at radius 1 is 0.886 bits per heavy atom.